The van der Waals surface area contributed by atoms with Crippen LogP contribution in [0.5, 0.6) is 0 Å². The van der Waals surface area contributed by atoms with Crippen LogP contribution in [0.4, 0.5) is 0 Å². The number of aliphatic carboxylic acids is 1. The fourth-order valence-electron chi connectivity index (χ4n) is 1.68. The van der Waals surface area contributed by atoms with Gasteiger partial charge in [0.1, 0.15) is 0 Å². The molecular weight excluding hydrogens is 140 g/mol. The van der Waals surface area contributed by atoms with Gasteiger partial charge < -0.3 is 9.90 Å². The molecule has 0 spiro atoms. The molecule has 2 nitrogen and oxygen atoms in total. The average Bonchev–Trinajstić information content (AvgIpc) is 2.45. The van der Waals surface area contributed by atoms with Gasteiger partial charge in [-0.25, -0.2) is 0 Å². The van der Waals surface area contributed by atoms with Gasteiger partial charge in [-0.2, -0.15) is 0 Å². The second-order valence-corrected chi connectivity index (χ2v) is 3.20. The van der Waals surface area contributed by atoms with Gasteiger partial charge in [-0.05, 0) is 38.5 Å². The van der Waals surface area contributed by atoms with E-state index in [0.717, 1.165) is 12.8 Å². The lowest BCUT2D eigenvalue weighted by Gasteiger charge is -1.98. The van der Waals surface area contributed by atoms with Gasteiger partial charge in [0.05, 0.1) is 0 Å². The first-order valence-corrected chi connectivity index (χ1v) is 4.04. The summed E-state index contributed by atoms with van der Waals surface area (Å²) in [6.07, 6.45) is 8.18. The highest BCUT2D eigenvalue weighted by Crippen LogP contribution is 2.38. The van der Waals surface area contributed by atoms with Gasteiger partial charge in [-0.3, -0.25) is 0 Å². The Hall–Kier alpha value is -0.790. The Morgan fingerprint density at radius 2 is 2.36 bits per heavy atom. The molecule has 2 rings (SSSR count). The van der Waals surface area contributed by atoms with Crippen LogP contribution >= 0.6 is 0 Å². The third-order valence-corrected chi connectivity index (χ3v) is 2.16. The Morgan fingerprint density at radius 3 is 2.45 bits per heavy atom. The molecule has 2 heteroatoms. The maximum atomic E-state index is 8.89. The first-order chi connectivity index (χ1) is 5.18. The molecule has 1 fully saturated rings. The molecule has 0 saturated heterocycles. The number of allylic oxidation sites excluding steroid dienone is 2. The number of carbonyl (C=O) groups is 1. The lowest BCUT2D eigenvalue weighted by molar-refractivity contribution is -0.302. The van der Waals surface area contributed by atoms with E-state index < -0.39 is 5.97 Å². The van der Waals surface area contributed by atoms with E-state index in [9.17, 15) is 0 Å². The standard InChI is InChI=1S/C7H10.C2H4O2/c1-2-7-4-3-6(1)5-7;1-2(3)4/h1,7H,2-5H2;1H3,(H,3,4)/p-1. The lowest BCUT2D eigenvalue weighted by atomic mass is 10.1. The highest BCUT2D eigenvalue weighted by Gasteiger charge is 2.22. The van der Waals surface area contributed by atoms with Gasteiger partial charge in [-0.15, -0.1) is 0 Å². The average molecular weight is 153 g/mol. The van der Waals surface area contributed by atoms with Crippen LogP contribution in [0.25, 0.3) is 0 Å². The third kappa shape index (κ3) is 2.74. The number of carboxylic acid groups (broad SMARTS) is 1. The summed E-state index contributed by atoms with van der Waals surface area (Å²) in [6, 6.07) is 0. The monoisotopic (exact) mass is 153 g/mol. The molecule has 62 valence electrons. The molecule has 2 aliphatic carbocycles. The zero-order chi connectivity index (χ0) is 8.27. The summed E-state index contributed by atoms with van der Waals surface area (Å²) < 4.78 is 0. The topological polar surface area (TPSA) is 40.1 Å². The van der Waals surface area contributed by atoms with Crippen LogP contribution < -0.4 is 5.11 Å². The largest absolute Gasteiger partial charge is 0.550 e. The van der Waals surface area contributed by atoms with Crippen molar-refractivity contribution in [3.63, 3.8) is 0 Å². The van der Waals surface area contributed by atoms with E-state index in [-0.39, 0.29) is 0 Å². The molecule has 0 heterocycles. The summed E-state index contributed by atoms with van der Waals surface area (Å²) in [6.45, 7) is 0.972. The Labute approximate surface area is 66.9 Å². The zero-order valence-electron chi connectivity index (χ0n) is 6.80. The number of hydrogen-bond acceptors (Lipinski definition) is 2. The van der Waals surface area contributed by atoms with E-state index in [2.05, 4.69) is 6.08 Å². The van der Waals surface area contributed by atoms with E-state index in [0.29, 0.717) is 0 Å². The van der Waals surface area contributed by atoms with Crippen LogP contribution in [0.2, 0.25) is 0 Å². The minimum Gasteiger partial charge on any atom is -0.550 e. The van der Waals surface area contributed by atoms with Crippen molar-refractivity contribution in [1.82, 2.24) is 0 Å². The molecule has 0 aromatic rings. The summed E-state index contributed by atoms with van der Waals surface area (Å²) in [5.41, 5.74) is 1.74. The second kappa shape index (κ2) is 3.56. The molecule has 1 saturated carbocycles. The van der Waals surface area contributed by atoms with Crippen LogP contribution in [0, 0.1) is 5.92 Å². The van der Waals surface area contributed by atoms with Crippen LogP contribution in [0.15, 0.2) is 11.6 Å². The van der Waals surface area contributed by atoms with E-state index in [1.54, 1.807) is 5.57 Å². The third-order valence-electron chi connectivity index (χ3n) is 2.16. The fourth-order valence-corrected chi connectivity index (χ4v) is 1.68. The quantitative estimate of drug-likeness (QED) is 0.484. The van der Waals surface area contributed by atoms with Crippen molar-refractivity contribution in [2.75, 3.05) is 0 Å². The van der Waals surface area contributed by atoms with Crippen molar-refractivity contribution < 1.29 is 9.90 Å². The molecule has 0 amide bonds. The Balaban J connectivity index is 0.000000134. The summed E-state index contributed by atoms with van der Waals surface area (Å²) >= 11 is 0. The highest BCUT2D eigenvalue weighted by molar-refractivity contribution is 5.60. The van der Waals surface area contributed by atoms with Crippen molar-refractivity contribution in [3.05, 3.63) is 11.6 Å². The second-order valence-electron chi connectivity index (χ2n) is 3.20. The molecule has 11 heavy (non-hydrogen) atoms. The molecule has 0 aromatic carbocycles. The lowest BCUT2D eigenvalue weighted by Crippen LogP contribution is -2.16. The zero-order valence-corrected chi connectivity index (χ0v) is 6.80. The van der Waals surface area contributed by atoms with Crippen LogP contribution in [0.3, 0.4) is 0 Å². The van der Waals surface area contributed by atoms with Crippen molar-refractivity contribution in [3.8, 4) is 0 Å². The van der Waals surface area contributed by atoms with Gasteiger partial charge in [0.15, 0.2) is 0 Å². The molecule has 1 atom stereocenters. The number of rotatable bonds is 0. The number of hydrogen-bond donors (Lipinski definition) is 0. The van der Waals surface area contributed by atoms with Crippen molar-refractivity contribution in [1.29, 1.82) is 0 Å². The molecule has 0 radical (unpaired) electrons. The summed E-state index contributed by atoms with van der Waals surface area (Å²) in [5, 5.41) is 8.89. The number of carbonyl (C=O) groups excluding carboxylic acids is 1. The van der Waals surface area contributed by atoms with Gasteiger partial charge in [0, 0.05) is 5.97 Å². The maximum Gasteiger partial charge on any atom is 0.0383 e. The molecule has 2 aliphatic rings. The maximum absolute atomic E-state index is 8.89. The first kappa shape index (κ1) is 8.31. The molecule has 1 unspecified atom stereocenters. The minimum atomic E-state index is -1.08. The predicted molar refractivity (Wildman–Crippen MR) is 40.7 cm³/mol. The highest BCUT2D eigenvalue weighted by atomic mass is 16.4. The fraction of sp³-hybridized carbons (Fsp3) is 0.667. The summed E-state index contributed by atoms with van der Waals surface area (Å²) in [4.78, 5) is 8.89. The normalized spacial score (nSPS) is 25.5. The van der Waals surface area contributed by atoms with E-state index in [1.165, 1.54) is 25.7 Å². The Bertz CT molecular complexity index is 178. The molecule has 0 aliphatic heterocycles. The molecule has 0 aromatic heterocycles. The number of carboxylic acids is 1. The van der Waals surface area contributed by atoms with Gasteiger partial charge in [-0.1, -0.05) is 11.6 Å². The van der Waals surface area contributed by atoms with E-state index >= 15 is 0 Å². The van der Waals surface area contributed by atoms with Gasteiger partial charge in [0.2, 0.25) is 0 Å². The Kier molecular flexibility index (Phi) is 2.69. The summed E-state index contributed by atoms with van der Waals surface area (Å²) in [5.74, 6) is -0.00463. The predicted octanol–water partition coefficient (Wildman–Crippen LogP) is 0.873. The minimum absolute atomic E-state index is 0.972. The SMILES string of the molecule is C1=C2CCC(C1)C2.CC(=O)[O-]. The van der Waals surface area contributed by atoms with Crippen molar-refractivity contribution >= 4 is 5.97 Å². The summed E-state index contributed by atoms with van der Waals surface area (Å²) in [7, 11) is 0. The molecule has 2 bridgehead atoms. The first-order valence-electron chi connectivity index (χ1n) is 4.04. The van der Waals surface area contributed by atoms with Crippen LogP contribution in [-0.2, 0) is 4.79 Å². The van der Waals surface area contributed by atoms with Crippen LogP contribution in [-0.4, -0.2) is 5.97 Å². The van der Waals surface area contributed by atoms with Crippen molar-refractivity contribution in [2.45, 2.75) is 32.6 Å². The van der Waals surface area contributed by atoms with Crippen LogP contribution in [0.1, 0.15) is 32.6 Å². The Morgan fingerprint density at radius 1 is 1.73 bits per heavy atom. The van der Waals surface area contributed by atoms with E-state index in [1.807, 2.05) is 0 Å². The van der Waals surface area contributed by atoms with Gasteiger partial charge in [0.25, 0.3) is 0 Å². The smallest absolute Gasteiger partial charge is 0.0383 e. The number of fused-ring (bicyclic) bond motifs is 2. The molecular formula is C9H13O2-. The molecule has 0 N–H and O–H groups in total. The van der Waals surface area contributed by atoms with E-state index in [4.69, 9.17) is 9.90 Å². The van der Waals surface area contributed by atoms with Gasteiger partial charge >= 0.3 is 0 Å². The van der Waals surface area contributed by atoms with Crippen molar-refractivity contribution in [2.24, 2.45) is 5.92 Å².